The topological polar surface area (TPSA) is 104 Å². The van der Waals surface area contributed by atoms with E-state index in [-0.39, 0.29) is 59.4 Å². The minimum Gasteiger partial charge on any atom is -0.480 e. The average Bonchev–Trinajstić information content (AvgIpc) is 0.723. The summed E-state index contributed by atoms with van der Waals surface area (Å²) in [5, 5.41) is 13.5. The van der Waals surface area contributed by atoms with Gasteiger partial charge in [-0.25, -0.2) is 13.2 Å². The van der Waals surface area contributed by atoms with Crippen molar-refractivity contribution < 1.29 is 23.1 Å². The van der Waals surface area contributed by atoms with Crippen LogP contribution in [0.2, 0.25) is 10.0 Å². The smallest absolute Gasteiger partial charge is 0.326 e. The van der Waals surface area contributed by atoms with Crippen LogP contribution in [0.3, 0.4) is 0 Å². The van der Waals surface area contributed by atoms with Crippen molar-refractivity contribution in [2.75, 3.05) is 0 Å². The van der Waals surface area contributed by atoms with Gasteiger partial charge in [0.05, 0.1) is 17.0 Å². The third kappa shape index (κ3) is 42.0. The fourth-order valence-electron chi connectivity index (χ4n) is 9.93. The zero-order chi connectivity index (χ0) is 89.3. The standard InChI is InChI=1S/C34H30Cl2N2O5S.B6H63P67/c1-22-8-5-6-13-31(22)44(42,43)38-30(24-14-16-26(35)17-15-24)19-18-28(32(38)25-11-7-12-27(36)21-25)33(39)37-29(34(40)41)20-23-9-3-2-4-10-23;1-38-57(39(2)3)66(56(36)37)71(67(58(40(4)5)41(6)7)59(42(8)9)43(10)11)73(70(64(52(28)29)53(30)31)65(54(32)33)55(34)35)72(68(60(44(12)13)45(14)15)61(46(16)17)47(18)19)69(62(48(20)21)49(22)23)63(50(24)25)51(26)27/h2-18,21,29-30,32H,19-20H2,1H3,(H,37,39)(H,40,41);38H,7-37H2/t29-,30-,32?;/m0./s1. The number of aryl methyl sites for hydroxylation is 1. The zero-order valence-electron chi connectivity index (χ0n) is 61.2. The van der Waals surface area contributed by atoms with Crippen LogP contribution in [0.5, 0.6) is 0 Å². The molecule has 0 saturated heterocycles. The molecule has 0 fully saturated rings. The summed E-state index contributed by atoms with van der Waals surface area (Å²) in [5.41, 5.74) is 2.53. The molecule has 12 radical (unpaired) electrons. The first-order valence-corrected chi connectivity index (χ1v) is 156. The summed E-state index contributed by atoms with van der Waals surface area (Å²) in [7, 11) is 147. The van der Waals surface area contributed by atoms with Gasteiger partial charge in [0.2, 0.25) is 15.9 Å². The molecule has 5 rings (SSSR count). The van der Waals surface area contributed by atoms with Gasteiger partial charge in [-0.1, -0.05) is 109 Å². The minimum atomic E-state index is -4.25. The predicted octanol–water partition coefficient (Wildman–Crippen LogP) is 45.5. The highest BCUT2D eigenvalue weighted by Gasteiger charge is 2.64. The number of benzene rings is 4. The van der Waals surface area contributed by atoms with Gasteiger partial charge in [0, 0.05) is 22.0 Å². The molecule has 1 heterocycles. The number of sulfonamides is 1. The summed E-state index contributed by atoms with van der Waals surface area (Å²) >= 11 is 12.6. The van der Waals surface area contributed by atoms with Crippen LogP contribution in [-0.2, 0) is 26.0 Å². The molecule has 1 aliphatic heterocycles. The number of aliphatic carboxylic acids is 1. The van der Waals surface area contributed by atoms with Gasteiger partial charge < -0.3 is 10.4 Å². The first-order chi connectivity index (χ1) is 54.3. The lowest BCUT2D eigenvalue weighted by atomic mass is 9.88. The third-order valence-corrected chi connectivity index (χ3v) is 495. The first-order valence-electron chi connectivity index (χ1n) is 30.5. The lowest BCUT2D eigenvalue weighted by Gasteiger charge is -2.62. The van der Waals surface area contributed by atoms with Crippen molar-refractivity contribution in [1.29, 1.82) is 0 Å². The van der Waals surface area contributed by atoms with Crippen molar-refractivity contribution in [3.8, 4) is 0 Å². The number of hydrogen-bond acceptors (Lipinski definition) is 4. The maximum Gasteiger partial charge on any atom is 0.326 e. The molecule has 83 heteroatoms. The summed E-state index contributed by atoms with van der Waals surface area (Å²) in [4.78, 5) is 26.4. The fourth-order valence-corrected chi connectivity index (χ4v) is 997. The minimum absolute atomic E-state index is 0.0512. The molecule has 642 valence electrons. The Balaban J connectivity index is 0.000000551. The number of carbonyl (C=O) groups is 2. The molecule has 0 bridgehead atoms. The molecule has 40 unspecified atom stereocenters. The molecule has 0 aliphatic carbocycles. The molecular formula is C34H93B6Cl2N2O5P67S. The zero-order valence-corrected chi connectivity index (χ0v) is 132. The highest BCUT2D eigenvalue weighted by molar-refractivity contribution is 9.56. The number of halogens is 2. The number of carbonyl (C=O) groups excluding carboxylic acids is 1. The molecular weight excluding hydrogens is 2760 g/mol. The monoisotopic (exact) mass is 2850 g/mol. The van der Waals surface area contributed by atoms with Crippen LogP contribution in [-0.4, -0.2) is 81.1 Å². The largest absolute Gasteiger partial charge is 0.480 e. The van der Waals surface area contributed by atoms with E-state index < -0.39 is 258 Å². The Morgan fingerprint density at radius 3 is 1.10 bits per heavy atom. The number of amides is 1. The van der Waals surface area contributed by atoms with Crippen LogP contribution in [0.15, 0.2) is 120 Å². The average molecular weight is 2850 g/mol. The highest BCUT2D eigenvalue weighted by atomic mass is 35.5. The molecule has 4 aromatic carbocycles. The molecule has 0 spiro atoms. The van der Waals surface area contributed by atoms with E-state index in [2.05, 4.69) is 282 Å². The normalized spacial score (nSPS) is 17.5. The van der Waals surface area contributed by atoms with Gasteiger partial charge in [-0.3, -0.25) is 4.79 Å². The maximum atomic E-state index is 14.7. The lowest BCUT2D eigenvalue weighted by Crippen LogP contribution is -2.48. The second-order valence-electron chi connectivity index (χ2n) is 22.1. The summed E-state index contributed by atoms with van der Waals surface area (Å²) in [6, 6.07) is 26.1. The van der Waals surface area contributed by atoms with Crippen LogP contribution in [0.4, 0.5) is 0 Å². The predicted molar refractivity (Wildman–Crippen MR) is 757 cm³/mol. The SMILES string of the molecule is Cc1ccccc1S(=O)(=O)N1C(c2cccc(Cl)c2)C(C(=O)N[C@@H](Cc2ccccc2)C(=O)O)=CC[C@H]1c1ccc(Cl)cc1.[B]PP(P([B])[B])P(P(P)P)P(P(P(P([B])[B])P([B])P)P(P(P)P)P(P)P)P(P(P(P(P)P)P(P)P)P(P(P)P)P(P)P)P(P(P(P(P)P)P(P)P)P(P(P)P)P(P)P)P(P(P(P)P)P(P)P)P(P(P)P)P(P)P. The quantitative estimate of drug-likeness (QED) is 0.0339. The Bertz CT molecular complexity index is 3630. The van der Waals surface area contributed by atoms with Gasteiger partial charge in [0.25, 0.3) is 0 Å². The maximum absolute atomic E-state index is 14.7. The van der Waals surface area contributed by atoms with Crippen LogP contribution in [0.25, 0.3) is 0 Å². The van der Waals surface area contributed by atoms with E-state index in [1.54, 1.807) is 104 Å². The van der Waals surface area contributed by atoms with Crippen LogP contribution >= 0.6 is 554 Å². The second kappa shape index (κ2) is 69.3. The van der Waals surface area contributed by atoms with Crippen LogP contribution in [0.1, 0.15) is 40.8 Å². The molecule has 7 nitrogen and oxygen atoms in total. The summed E-state index contributed by atoms with van der Waals surface area (Å²) in [5.74, 6) is -1.89. The Morgan fingerprint density at radius 1 is 0.444 bits per heavy atom. The molecule has 0 aromatic heterocycles. The number of hydrogen-bond donors (Lipinski definition) is 2. The Labute approximate surface area is 832 Å². The number of carboxylic acid groups (broad SMARTS) is 1. The van der Waals surface area contributed by atoms with Crippen molar-refractivity contribution in [2.45, 2.75) is 42.8 Å². The van der Waals surface area contributed by atoms with Crippen molar-refractivity contribution in [2.24, 2.45) is 0 Å². The molecule has 2 N–H and O–H groups in total. The van der Waals surface area contributed by atoms with Gasteiger partial charge in [0.1, 0.15) is 51.4 Å². The number of carboxylic acids is 1. The van der Waals surface area contributed by atoms with Crippen LogP contribution in [0, 0.1) is 6.92 Å². The van der Waals surface area contributed by atoms with Crippen molar-refractivity contribution in [3.63, 3.8) is 0 Å². The van der Waals surface area contributed by atoms with E-state index in [1.165, 1.54) is 10.4 Å². The number of nitrogens with zero attached hydrogens (tertiary/aromatic N) is 1. The number of rotatable bonds is 44. The molecule has 42 atom stereocenters. The van der Waals surface area contributed by atoms with Crippen LogP contribution < -0.4 is 5.32 Å². The highest BCUT2D eigenvalue weighted by Crippen LogP contribution is 3.50. The van der Waals surface area contributed by atoms with Gasteiger partial charge in [-0.15, -0.1) is 292 Å². The van der Waals surface area contributed by atoms with Gasteiger partial charge in [0.15, 0.2) is 0 Å². The van der Waals surface area contributed by atoms with E-state index >= 15 is 0 Å². The summed E-state index contributed by atoms with van der Waals surface area (Å²) < 4.78 is 30.7. The van der Waals surface area contributed by atoms with E-state index in [1.807, 2.05) is 6.07 Å². The number of nitrogens with one attached hydrogen (secondary N) is 1. The van der Waals surface area contributed by atoms with Gasteiger partial charge >= 0.3 is 5.97 Å². The van der Waals surface area contributed by atoms with Crippen molar-refractivity contribution >= 4 is 621 Å². The van der Waals surface area contributed by atoms with Crippen molar-refractivity contribution in [3.05, 3.63) is 147 Å². The summed E-state index contributed by atoms with van der Waals surface area (Å²) in [6.45, 7) is -14.6. The van der Waals surface area contributed by atoms with Gasteiger partial charge in [-0.05, 0) is 283 Å². The lowest BCUT2D eigenvalue weighted by molar-refractivity contribution is -0.141. The fraction of sp³-hybridized carbons (Fsp3) is 0.176. The third-order valence-electron chi connectivity index (χ3n) is 14.0. The molecule has 4 aromatic rings. The second-order valence-corrected chi connectivity index (χ2v) is 303. The van der Waals surface area contributed by atoms with E-state index in [4.69, 9.17) is 68.6 Å². The molecule has 0 saturated carbocycles. The Morgan fingerprint density at radius 2 is 0.786 bits per heavy atom. The Kier molecular flexibility index (Phi) is 79.7. The van der Waals surface area contributed by atoms with E-state index in [0.717, 1.165) is 5.56 Å². The van der Waals surface area contributed by atoms with E-state index in [9.17, 15) is 23.1 Å². The first kappa shape index (κ1) is 135. The molecule has 1 amide bonds. The Hall–Kier alpha value is 25.2. The van der Waals surface area contributed by atoms with Crippen molar-refractivity contribution in [1.82, 2.24) is 9.62 Å². The van der Waals surface area contributed by atoms with E-state index in [0.29, 0.717) is 26.7 Å². The van der Waals surface area contributed by atoms with Gasteiger partial charge in [-0.2, -0.15) is 19.0 Å². The molecule has 117 heavy (non-hydrogen) atoms. The molecule has 1 aliphatic rings. The summed E-state index contributed by atoms with van der Waals surface area (Å²) in [6.07, 6.45) is 1.89.